The molecule has 0 aliphatic rings. The van der Waals surface area contributed by atoms with Gasteiger partial charge in [0.1, 0.15) is 12.4 Å². The fraction of sp³-hybridized carbons (Fsp3) is 0.235. The zero-order valence-electron chi connectivity index (χ0n) is 11.9. The van der Waals surface area contributed by atoms with Gasteiger partial charge in [0.25, 0.3) is 0 Å². The molecule has 1 N–H and O–H groups in total. The van der Waals surface area contributed by atoms with E-state index in [2.05, 4.69) is 5.32 Å². The summed E-state index contributed by atoms with van der Waals surface area (Å²) in [5, 5.41) is 3.47. The van der Waals surface area contributed by atoms with Crippen molar-refractivity contribution >= 4 is 17.5 Å². The molecule has 2 aromatic rings. The predicted octanol–water partition coefficient (Wildman–Crippen LogP) is 3.39. The minimum atomic E-state index is -0.0369. The normalized spacial score (nSPS) is 10.2. The zero-order chi connectivity index (χ0) is 15.1. The van der Waals surface area contributed by atoms with E-state index in [0.29, 0.717) is 24.6 Å². The Morgan fingerprint density at radius 2 is 2.00 bits per heavy atom. The van der Waals surface area contributed by atoms with E-state index in [1.54, 1.807) is 12.1 Å². The molecule has 0 aliphatic carbocycles. The highest BCUT2D eigenvalue weighted by Gasteiger charge is 2.03. The quantitative estimate of drug-likeness (QED) is 0.831. The van der Waals surface area contributed by atoms with Crippen molar-refractivity contribution in [1.29, 1.82) is 0 Å². The highest BCUT2D eigenvalue weighted by Crippen LogP contribution is 2.12. The Kier molecular flexibility index (Phi) is 5.64. The third-order valence-corrected chi connectivity index (χ3v) is 3.17. The SMILES string of the molecule is Cc1cccc(OCCNC(=O)Cc2cccc(Cl)c2)c1. The molecule has 0 saturated carbocycles. The number of ether oxygens (including phenoxy) is 1. The van der Waals surface area contributed by atoms with Crippen molar-refractivity contribution in [2.45, 2.75) is 13.3 Å². The molecule has 0 saturated heterocycles. The first-order valence-electron chi connectivity index (χ1n) is 6.84. The third-order valence-electron chi connectivity index (χ3n) is 2.94. The lowest BCUT2D eigenvalue weighted by Crippen LogP contribution is -2.29. The van der Waals surface area contributed by atoms with Crippen LogP contribution in [0.1, 0.15) is 11.1 Å². The van der Waals surface area contributed by atoms with E-state index in [0.717, 1.165) is 16.9 Å². The van der Waals surface area contributed by atoms with Crippen LogP contribution in [-0.2, 0) is 11.2 Å². The van der Waals surface area contributed by atoms with Crippen LogP contribution in [0.4, 0.5) is 0 Å². The maximum atomic E-state index is 11.8. The first kappa shape index (κ1) is 15.4. The van der Waals surface area contributed by atoms with Crippen LogP contribution in [0.5, 0.6) is 5.75 Å². The monoisotopic (exact) mass is 303 g/mol. The summed E-state index contributed by atoms with van der Waals surface area (Å²) in [5.74, 6) is 0.782. The summed E-state index contributed by atoms with van der Waals surface area (Å²) in [6, 6.07) is 15.1. The van der Waals surface area contributed by atoms with Crippen molar-refractivity contribution < 1.29 is 9.53 Å². The Morgan fingerprint density at radius 1 is 1.19 bits per heavy atom. The Hall–Kier alpha value is -2.00. The lowest BCUT2D eigenvalue weighted by Gasteiger charge is -2.08. The minimum absolute atomic E-state index is 0.0369. The number of halogens is 1. The van der Waals surface area contributed by atoms with Crippen LogP contribution in [0.25, 0.3) is 0 Å². The van der Waals surface area contributed by atoms with Crippen LogP contribution in [0.15, 0.2) is 48.5 Å². The average Bonchev–Trinajstić information content (AvgIpc) is 2.44. The molecule has 0 atom stereocenters. The van der Waals surface area contributed by atoms with Gasteiger partial charge in [0.15, 0.2) is 0 Å². The van der Waals surface area contributed by atoms with E-state index in [9.17, 15) is 4.79 Å². The van der Waals surface area contributed by atoms with Gasteiger partial charge in [0.05, 0.1) is 13.0 Å². The molecule has 0 unspecified atom stereocenters. The smallest absolute Gasteiger partial charge is 0.224 e. The van der Waals surface area contributed by atoms with Crippen molar-refractivity contribution in [3.63, 3.8) is 0 Å². The molecule has 4 heteroatoms. The maximum Gasteiger partial charge on any atom is 0.224 e. The molecule has 0 radical (unpaired) electrons. The molecule has 1 amide bonds. The van der Waals surface area contributed by atoms with Crippen molar-refractivity contribution in [2.24, 2.45) is 0 Å². The number of hydrogen-bond acceptors (Lipinski definition) is 2. The van der Waals surface area contributed by atoms with Gasteiger partial charge < -0.3 is 10.1 Å². The van der Waals surface area contributed by atoms with Crippen molar-refractivity contribution in [3.05, 3.63) is 64.7 Å². The highest BCUT2D eigenvalue weighted by molar-refractivity contribution is 6.30. The largest absolute Gasteiger partial charge is 0.492 e. The summed E-state index contributed by atoms with van der Waals surface area (Å²) in [5.41, 5.74) is 2.05. The molecule has 2 rings (SSSR count). The van der Waals surface area contributed by atoms with Gasteiger partial charge in [-0.25, -0.2) is 0 Å². The van der Waals surface area contributed by atoms with Gasteiger partial charge in [-0.3, -0.25) is 4.79 Å². The van der Waals surface area contributed by atoms with E-state index in [-0.39, 0.29) is 5.91 Å². The van der Waals surface area contributed by atoms with Crippen molar-refractivity contribution in [1.82, 2.24) is 5.32 Å². The van der Waals surface area contributed by atoms with Crippen molar-refractivity contribution in [3.8, 4) is 5.75 Å². The third kappa shape index (κ3) is 5.48. The van der Waals surface area contributed by atoms with Crippen LogP contribution in [0, 0.1) is 6.92 Å². The van der Waals surface area contributed by atoms with E-state index in [1.165, 1.54) is 0 Å². The van der Waals surface area contributed by atoms with Gasteiger partial charge in [0, 0.05) is 5.02 Å². The van der Waals surface area contributed by atoms with Crippen molar-refractivity contribution in [2.75, 3.05) is 13.2 Å². The number of hydrogen-bond donors (Lipinski definition) is 1. The number of carbonyl (C=O) groups excluding carboxylic acids is 1. The summed E-state index contributed by atoms with van der Waals surface area (Å²) >= 11 is 5.88. The van der Waals surface area contributed by atoms with Gasteiger partial charge in [-0.05, 0) is 42.3 Å². The number of rotatable bonds is 6. The molecule has 0 fully saturated rings. The molecule has 2 aromatic carbocycles. The van der Waals surface area contributed by atoms with Gasteiger partial charge in [-0.2, -0.15) is 0 Å². The standard InChI is InChI=1S/C17H18ClNO2/c1-13-4-2-7-16(10-13)21-9-8-19-17(20)12-14-5-3-6-15(18)11-14/h2-7,10-11H,8-9,12H2,1H3,(H,19,20). The van der Waals surface area contributed by atoms with Crippen LogP contribution in [0.3, 0.4) is 0 Å². The summed E-state index contributed by atoms with van der Waals surface area (Å²) in [7, 11) is 0. The molecule has 0 heterocycles. The molecular weight excluding hydrogens is 286 g/mol. The molecule has 0 spiro atoms. The fourth-order valence-electron chi connectivity index (χ4n) is 1.96. The number of benzene rings is 2. The second kappa shape index (κ2) is 7.70. The van der Waals surface area contributed by atoms with E-state index < -0.39 is 0 Å². The summed E-state index contributed by atoms with van der Waals surface area (Å²) in [4.78, 5) is 11.8. The fourth-order valence-corrected chi connectivity index (χ4v) is 2.17. The van der Waals surface area contributed by atoms with Crippen LogP contribution in [-0.4, -0.2) is 19.1 Å². The van der Waals surface area contributed by atoms with Gasteiger partial charge in [0.2, 0.25) is 5.91 Å². The van der Waals surface area contributed by atoms with Crippen LogP contribution < -0.4 is 10.1 Å². The molecule has 21 heavy (non-hydrogen) atoms. The van der Waals surface area contributed by atoms with Crippen LogP contribution in [0.2, 0.25) is 5.02 Å². The van der Waals surface area contributed by atoms with E-state index >= 15 is 0 Å². The molecule has 0 aliphatic heterocycles. The molecule has 3 nitrogen and oxygen atoms in total. The highest BCUT2D eigenvalue weighted by atomic mass is 35.5. The zero-order valence-corrected chi connectivity index (χ0v) is 12.7. The number of nitrogens with one attached hydrogen (secondary N) is 1. The first-order chi connectivity index (χ1) is 10.1. The summed E-state index contributed by atoms with van der Waals surface area (Å²) in [6.45, 7) is 2.94. The minimum Gasteiger partial charge on any atom is -0.492 e. The lowest BCUT2D eigenvalue weighted by molar-refractivity contribution is -0.120. The van der Waals surface area contributed by atoms with E-state index in [1.807, 2.05) is 43.3 Å². The topological polar surface area (TPSA) is 38.3 Å². The summed E-state index contributed by atoms with van der Waals surface area (Å²) < 4.78 is 5.57. The molecule has 0 bridgehead atoms. The van der Waals surface area contributed by atoms with Gasteiger partial charge in [-0.15, -0.1) is 0 Å². The molecule has 0 aromatic heterocycles. The maximum absolute atomic E-state index is 11.8. The molecular formula is C17H18ClNO2. The van der Waals surface area contributed by atoms with Gasteiger partial charge in [-0.1, -0.05) is 35.9 Å². The number of carbonyl (C=O) groups is 1. The summed E-state index contributed by atoms with van der Waals surface area (Å²) in [6.07, 6.45) is 0.324. The Balaban J connectivity index is 1.70. The van der Waals surface area contributed by atoms with Gasteiger partial charge >= 0.3 is 0 Å². The number of aryl methyl sites for hydroxylation is 1. The van der Waals surface area contributed by atoms with Crippen LogP contribution >= 0.6 is 11.6 Å². The second-order valence-corrected chi connectivity index (χ2v) is 5.26. The van der Waals surface area contributed by atoms with E-state index in [4.69, 9.17) is 16.3 Å². The number of amides is 1. The lowest BCUT2D eigenvalue weighted by atomic mass is 10.1. The Morgan fingerprint density at radius 3 is 2.76 bits per heavy atom. The predicted molar refractivity (Wildman–Crippen MR) is 84.8 cm³/mol. The first-order valence-corrected chi connectivity index (χ1v) is 7.22. The Bertz CT molecular complexity index is 613. The Labute approximate surface area is 129 Å². The second-order valence-electron chi connectivity index (χ2n) is 4.82. The average molecular weight is 304 g/mol. The molecule has 110 valence electrons.